The molecule has 8 nitrogen and oxygen atoms in total. The molecule has 4 rings (SSSR count). The zero-order valence-corrected chi connectivity index (χ0v) is 21.4. The summed E-state index contributed by atoms with van der Waals surface area (Å²) < 4.78 is 29.2. The van der Waals surface area contributed by atoms with Crippen molar-refractivity contribution in [2.75, 3.05) is 15.9 Å². The molecule has 1 aromatic heterocycles. The van der Waals surface area contributed by atoms with Gasteiger partial charge >= 0.3 is 5.69 Å². The van der Waals surface area contributed by atoms with Crippen LogP contribution in [0.4, 0.5) is 11.4 Å². The van der Waals surface area contributed by atoms with Gasteiger partial charge in [-0.15, -0.1) is 0 Å². The van der Waals surface area contributed by atoms with Gasteiger partial charge in [-0.1, -0.05) is 29.3 Å². The van der Waals surface area contributed by atoms with E-state index in [9.17, 15) is 18.0 Å². The van der Waals surface area contributed by atoms with E-state index in [1.807, 2.05) is 0 Å². The molecule has 182 valence electrons. The van der Waals surface area contributed by atoms with Crippen LogP contribution in [0.5, 0.6) is 0 Å². The largest absolute Gasteiger partial charge is 0.328 e. The molecule has 0 aliphatic heterocycles. The van der Waals surface area contributed by atoms with Crippen LogP contribution >= 0.6 is 23.2 Å². The molecule has 0 saturated heterocycles. The summed E-state index contributed by atoms with van der Waals surface area (Å²) in [5, 5.41) is 3.52. The van der Waals surface area contributed by atoms with Crippen LogP contribution in [0.2, 0.25) is 10.0 Å². The quantitative estimate of drug-likeness (QED) is 0.398. The molecule has 0 aliphatic carbocycles. The van der Waals surface area contributed by atoms with Gasteiger partial charge in [-0.3, -0.25) is 18.2 Å². The van der Waals surface area contributed by atoms with Gasteiger partial charge in [-0.2, -0.15) is 0 Å². The van der Waals surface area contributed by atoms with Crippen molar-refractivity contribution < 1.29 is 13.2 Å². The summed E-state index contributed by atoms with van der Waals surface area (Å²) in [5.74, 6) is -0.378. The predicted molar refractivity (Wildman–Crippen MR) is 140 cm³/mol. The molecule has 0 saturated carbocycles. The number of fused-ring (bicyclic) bond motifs is 1. The molecule has 0 bridgehead atoms. The Morgan fingerprint density at radius 1 is 0.943 bits per heavy atom. The molecule has 11 heteroatoms. The van der Waals surface area contributed by atoms with E-state index in [4.69, 9.17) is 23.2 Å². The molecular weight excluding hydrogens is 511 g/mol. The van der Waals surface area contributed by atoms with E-state index in [2.05, 4.69) is 5.32 Å². The molecule has 0 atom stereocenters. The van der Waals surface area contributed by atoms with Gasteiger partial charge in [0.2, 0.25) is 10.0 Å². The highest BCUT2D eigenvalue weighted by molar-refractivity contribution is 7.92. The molecule has 3 aromatic carbocycles. The van der Waals surface area contributed by atoms with Crippen LogP contribution in [-0.4, -0.2) is 29.7 Å². The normalized spacial score (nSPS) is 11.6. The standard InChI is InChI=1S/C24H22Cl2N4O4S/c1-28-21-12-9-16(13-22(21)29(2)24(28)32)27-23(31)15-7-10-17(11-8-15)30(35(3,33)34)14-18-19(25)5-4-6-20(18)26/h4-13H,14H2,1-3H3,(H,27,31). The van der Waals surface area contributed by atoms with Crippen molar-refractivity contribution >= 4 is 61.5 Å². The van der Waals surface area contributed by atoms with E-state index in [1.165, 1.54) is 25.6 Å². The molecule has 0 aliphatic rings. The number of hydrogen-bond donors (Lipinski definition) is 1. The topological polar surface area (TPSA) is 93.4 Å². The minimum Gasteiger partial charge on any atom is -0.322 e. The van der Waals surface area contributed by atoms with Gasteiger partial charge in [0.25, 0.3) is 5.91 Å². The lowest BCUT2D eigenvalue weighted by Gasteiger charge is -2.23. The van der Waals surface area contributed by atoms with Crippen LogP contribution in [0.25, 0.3) is 11.0 Å². The first-order valence-electron chi connectivity index (χ1n) is 10.4. The Kier molecular flexibility index (Phi) is 6.68. The number of carbonyl (C=O) groups excluding carboxylic acids is 1. The van der Waals surface area contributed by atoms with E-state index < -0.39 is 10.0 Å². The summed E-state index contributed by atoms with van der Waals surface area (Å²) in [4.78, 5) is 24.9. The third-order valence-corrected chi connectivity index (χ3v) is 7.56. The fraction of sp³-hybridized carbons (Fsp3) is 0.167. The van der Waals surface area contributed by atoms with Crippen molar-refractivity contribution in [1.82, 2.24) is 9.13 Å². The fourth-order valence-corrected chi connectivity index (χ4v) is 5.18. The van der Waals surface area contributed by atoms with Crippen molar-refractivity contribution in [3.63, 3.8) is 0 Å². The Hall–Kier alpha value is -3.27. The average molecular weight is 533 g/mol. The van der Waals surface area contributed by atoms with E-state index in [0.29, 0.717) is 38.1 Å². The minimum atomic E-state index is -3.67. The van der Waals surface area contributed by atoms with Crippen molar-refractivity contribution in [2.45, 2.75) is 6.54 Å². The number of amides is 1. The van der Waals surface area contributed by atoms with Gasteiger partial charge in [0.15, 0.2) is 0 Å². The first-order chi connectivity index (χ1) is 16.5. The zero-order valence-electron chi connectivity index (χ0n) is 19.1. The molecule has 35 heavy (non-hydrogen) atoms. The number of aryl methyl sites for hydroxylation is 2. The van der Waals surface area contributed by atoms with Gasteiger partial charge in [0.1, 0.15) is 0 Å². The molecule has 1 N–H and O–H groups in total. The SMILES string of the molecule is Cn1c(=O)n(C)c2cc(NC(=O)c3ccc(N(Cc4c(Cl)cccc4Cl)S(C)(=O)=O)cc3)ccc21. The highest BCUT2D eigenvalue weighted by Crippen LogP contribution is 2.29. The Morgan fingerprint density at radius 2 is 1.54 bits per heavy atom. The fourth-order valence-electron chi connectivity index (χ4n) is 3.79. The second-order valence-corrected chi connectivity index (χ2v) is 10.8. The zero-order chi connectivity index (χ0) is 25.5. The number of anilines is 2. The number of benzene rings is 3. The maximum Gasteiger partial charge on any atom is 0.328 e. The van der Waals surface area contributed by atoms with Crippen LogP contribution in [0.15, 0.2) is 65.5 Å². The second-order valence-electron chi connectivity index (χ2n) is 8.07. The Bertz CT molecular complexity index is 1590. The summed E-state index contributed by atoms with van der Waals surface area (Å²) in [6.45, 7) is -0.0569. The van der Waals surface area contributed by atoms with Crippen LogP contribution in [0.3, 0.4) is 0 Å². The number of sulfonamides is 1. The first kappa shape index (κ1) is 24.8. The number of carbonyl (C=O) groups is 1. The maximum atomic E-state index is 12.8. The molecule has 0 radical (unpaired) electrons. The van der Waals surface area contributed by atoms with Gasteiger partial charge in [0.05, 0.1) is 29.5 Å². The second kappa shape index (κ2) is 9.41. The number of rotatable bonds is 6. The van der Waals surface area contributed by atoms with Crippen molar-refractivity contribution in [1.29, 1.82) is 0 Å². The third-order valence-electron chi connectivity index (χ3n) is 5.71. The van der Waals surface area contributed by atoms with E-state index in [-0.39, 0.29) is 18.1 Å². The maximum absolute atomic E-state index is 12.8. The molecule has 0 unspecified atom stereocenters. The molecule has 1 amide bonds. The number of halogens is 2. The monoisotopic (exact) mass is 532 g/mol. The van der Waals surface area contributed by atoms with E-state index >= 15 is 0 Å². The minimum absolute atomic E-state index is 0.0569. The molecule has 0 spiro atoms. The third kappa shape index (κ3) is 4.93. The van der Waals surface area contributed by atoms with Crippen LogP contribution in [0, 0.1) is 0 Å². The lowest BCUT2D eigenvalue weighted by Crippen LogP contribution is -2.29. The number of nitrogens with one attached hydrogen (secondary N) is 1. The van der Waals surface area contributed by atoms with Crippen LogP contribution < -0.4 is 15.3 Å². The lowest BCUT2D eigenvalue weighted by atomic mass is 10.1. The van der Waals surface area contributed by atoms with Gasteiger partial charge in [-0.25, -0.2) is 13.2 Å². The lowest BCUT2D eigenvalue weighted by molar-refractivity contribution is 0.102. The summed E-state index contributed by atoms with van der Waals surface area (Å²) in [6.07, 6.45) is 1.09. The summed E-state index contributed by atoms with van der Waals surface area (Å²) in [6, 6.07) is 16.3. The Balaban J connectivity index is 1.58. The molecule has 1 heterocycles. The smallest absolute Gasteiger partial charge is 0.322 e. The number of nitrogens with zero attached hydrogens (tertiary/aromatic N) is 3. The average Bonchev–Trinajstić information content (AvgIpc) is 3.02. The summed E-state index contributed by atoms with van der Waals surface area (Å²) in [7, 11) is -0.323. The molecule has 0 fully saturated rings. The van der Waals surface area contributed by atoms with E-state index in [0.717, 1.165) is 11.8 Å². The van der Waals surface area contributed by atoms with Gasteiger partial charge in [-0.05, 0) is 54.6 Å². The highest BCUT2D eigenvalue weighted by Gasteiger charge is 2.21. The van der Waals surface area contributed by atoms with E-state index in [1.54, 1.807) is 62.6 Å². The van der Waals surface area contributed by atoms with Crippen LogP contribution in [-0.2, 0) is 30.7 Å². The van der Waals surface area contributed by atoms with Crippen molar-refractivity contribution in [2.24, 2.45) is 14.1 Å². The Morgan fingerprint density at radius 3 is 2.14 bits per heavy atom. The Labute approximate surface area is 212 Å². The van der Waals surface area contributed by atoms with Gasteiger partial charge in [0, 0.05) is 41.0 Å². The predicted octanol–water partition coefficient (Wildman–Crippen LogP) is 4.40. The number of hydrogen-bond acceptors (Lipinski definition) is 4. The summed E-state index contributed by atoms with van der Waals surface area (Å²) >= 11 is 12.5. The first-order valence-corrected chi connectivity index (χ1v) is 13.1. The van der Waals surface area contributed by atoms with Gasteiger partial charge < -0.3 is 5.32 Å². The number of imidazole rings is 1. The number of aromatic nitrogens is 2. The summed E-state index contributed by atoms with van der Waals surface area (Å²) in [5.41, 5.74) is 2.98. The highest BCUT2D eigenvalue weighted by atomic mass is 35.5. The molecule has 4 aromatic rings. The van der Waals surface area contributed by atoms with Crippen molar-refractivity contribution in [3.05, 3.63) is 92.3 Å². The van der Waals surface area contributed by atoms with Crippen molar-refractivity contribution in [3.8, 4) is 0 Å². The van der Waals surface area contributed by atoms with Crippen LogP contribution in [0.1, 0.15) is 15.9 Å². The molecular formula is C24H22Cl2N4O4S.